The van der Waals surface area contributed by atoms with Crippen LogP contribution in [0.4, 0.5) is 11.5 Å². The Kier molecular flexibility index (Phi) is 6.63. The third-order valence-corrected chi connectivity index (χ3v) is 5.10. The molecule has 3 aromatic rings. The standard InChI is InChI=1S/C16H19N5OS.C3H6/c1-9(2)23(22)14-6-5-10(3)7-13(14)20-15-12-8-17-21-16(12)19-11(4)18-15;1-3-2/h5-9H,1-4H3,(H2,17,18,19,20,21);3H,1H2,2H3. The predicted molar refractivity (Wildman–Crippen MR) is 108 cm³/mol. The molecule has 0 spiro atoms. The van der Waals surface area contributed by atoms with Gasteiger partial charge in [0.1, 0.15) is 11.6 Å². The fourth-order valence-corrected chi connectivity index (χ4v) is 3.38. The molecule has 6 nitrogen and oxygen atoms in total. The van der Waals surface area contributed by atoms with Gasteiger partial charge in [-0.15, -0.1) is 6.58 Å². The van der Waals surface area contributed by atoms with Crippen molar-refractivity contribution in [3.05, 3.63) is 48.4 Å². The van der Waals surface area contributed by atoms with Crippen molar-refractivity contribution >= 4 is 33.3 Å². The number of fused-ring (bicyclic) bond motifs is 1. The summed E-state index contributed by atoms with van der Waals surface area (Å²) < 4.78 is 12.6. The number of nitrogens with zero attached hydrogens (tertiary/aromatic N) is 3. The van der Waals surface area contributed by atoms with Crippen LogP contribution in [0.3, 0.4) is 0 Å². The van der Waals surface area contributed by atoms with Gasteiger partial charge in [0.2, 0.25) is 0 Å². The first-order valence-electron chi connectivity index (χ1n) is 8.40. The van der Waals surface area contributed by atoms with E-state index >= 15 is 0 Å². The molecule has 0 saturated carbocycles. The first kappa shape index (κ1) is 19.8. The second kappa shape index (κ2) is 8.71. The molecule has 0 amide bonds. The van der Waals surface area contributed by atoms with E-state index < -0.39 is 10.8 Å². The van der Waals surface area contributed by atoms with Crippen molar-refractivity contribution in [1.29, 1.82) is 0 Å². The number of rotatable bonds is 4. The van der Waals surface area contributed by atoms with Crippen LogP contribution >= 0.6 is 0 Å². The summed E-state index contributed by atoms with van der Waals surface area (Å²) in [5.74, 6) is 1.30. The largest absolute Gasteiger partial charge is 0.339 e. The van der Waals surface area contributed by atoms with Crippen molar-refractivity contribution in [2.75, 3.05) is 5.32 Å². The number of aromatic amines is 1. The molecule has 2 N–H and O–H groups in total. The maximum absolute atomic E-state index is 12.6. The lowest BCUT2D eigenvalue weighted by Gasteiger charge is -2.14. The van der Waals surface area contributed by atoms with Gasteiger partial charge in [-0.2, -0.15) is 5.10 Å². The van der Waals surface area contributed by atoms with E-state index in [4.69, 9.17) is 0 Å². The van der Waals surface area contributed by atoms with Gasteiger partial charge in [-0.1, -0.05) is 26.0 Å². The van der Waals surface area contributed by atoms with Crippen molar-refractivity contribution in [3.8, 4) is 0 Å². The molecule has 0 aliphatic rings. The van der Waals surface area contributed by atoms with Crippen LogP contribution in [0.15, 0.2) is 41.9 Å². The second-order valence-corrected chi connectivity index (χ2v) is 8.11. The van der Waals surface area contributed by atoms with E-state index in [9.17, 15) is 4.21 Å². The van der Waals surface area contributed by atoms with Crippen molar-refractivity contribution in [1.82, 2.24) is 20.2 Å². The zero-order chi connectivity index (χ0) is 19.3. The zero-order valence-electron chi connectivity index (χ0n) is 15.8. The summed E-state index contributed by atoms with van der Waals surface area (Å²) in [4.78, 5) is 9.55. The van der Waals surface area contributed by atoms with E-state index in [2.05, 4.69) is 32.1 Å². The number of anilines is 2. The quantitative estimate of drug-likeness (QED) is 0.663. The van der Waals surface area contributed by atoms with Crippen LogP contribution in [0.1, 0.15) is 32.2 Å². The minimum absolute atomic E-state index is 0.0411. The van der Waals surface area contributed by atoms with Gasteiger partial charge in [0.25, 0.3) is 0 Å². The maximum atomic E-state index is 12.6. The lowest BCUT2D eigenvalue weighted by molar-refractivity contribution is 0.677. The van der Waals surface area contributed by atoms with Crippen LogP contribution in [0.25, 0.3) is 11.0 Å². The maximum Gasteiger partial charge on any atom is 0.161 e. The third kappa shape index (κ3) is 4.54. The molecule has 0 fully saturated rings. The zero-order valence-corrected chi connectivity index (χ0v) is 16.6. The van der Waals surface area contributed by atoms with E-state index in [1.165, 1.54) is 0 Å². The fourth-order valence-electron chi connectivity index (χ4n) is 2.34. The van der Waals surface area contributed by atoms with Crippen LogP contribution < -0.4 is 5.32 Å². The van der Waals surface area contributed by atoms with Gasteiger partial charge in [-0.25, -0.2) is 9.97 Å². The number of allylic oxidation sites excluding steroid dienone is 1. The van der Waals surface area contributed by atoms with Gasteiger partial charge in [0.15, 0.2) is 5.65 Å². The Morgan fingerprint density at radius 3 is 2.62 bits per heavy atom. The molecule has 2 heterocycles. The molecule has 3 rings (SSSR count). The average molecular weight is 372 g/mol. The number of hydrogen-bond acceptors (Lipinski definition) is 5. The first-order valence-corrected chi connectivity index (χ1v) is 9.61. The number of H-pyrrole nitrogens is 1. The molecule has 26 heavy (non-hydrogen) atoms. The SMILES string of the molecule is C=CC.Cc1ccc(S(=O)C(C)C)c(Nc2nc(C)nc3[nH]ncc23)c1. The van der Waals surface area contributed by atoms with Gasteiger partial charge < -0.3 is 5.32 Å². The Morgan fingerprint density at radius 1 is 1.27 bits per heavy atom. The normalized spacial score (nSPS) is 11.8. The summed E-state index contributed by atoms with van der Waals surface area (Å²) in [6.07, 6.45) is 3.44. The van der Waals surface area contributed by atoms with E-state index in [1.807, 2.05) is 52.8 Å². The highest BCUT2D eigenvalue weighted by molar-refractivity contribution is 7.85. The lowest BCUT2D eigenvalue weighted by Crippen LogP contribution is -2.09. The van der Waals surface area contributed by atoms with Gasteiger partial charge >= 0.3 is 0 Å². The average Bonchev–Trinajstić information content (AvgIpc) is 3.03. The van der Waals surface area contributed by atoms with Crippen molar-refractivity contribution in [2.45, 2.75) is 44.8 Å². The summed E-state index contributed by atoms with van der Waals surface area (Å²) >= 11 is 0. The minimum Gasteiger partial charge on any atom is -0.339 e. The van der Waals surface area contributed by atoms with Gasteiger partial charge in [0, 0.05) is 5.25 Å². The predicted octanol–water partition coefficient (Wildman–Crippen LogP) is 4.42. The first-order chi connectivity index (χ1) is 12.4. The Hall–Kier alpha value is -2.54. The highest BCUT2D eigenvalue weighted by atomic mass is 32.2. The molecule has 1 aromatic carbocycles. The topological polar surface area (TPSA) is 83.6 Å². The van der Waals surface area contributed by atoms with Gasteiger partial charge in [-0.05, 0) is 38.5 Å². The van der Waals surface area contributed by atoms with E-state index in [1.54, 1.807) is 12.3 Å². The summed E-state index contributed by atoms with van der Waals surface area (Å²) in [7, 11) is -1.09. The van der Waals surface area contributed by atoms with Crippen LogP contribution in [-0.4, -0.2) is 29.6 Å². The van der Waals surface area contributed by atoms with Crippen molar-refractivity contribution < 1.29 is 4.21 Å². The lowest BCUT2D eigenvalue weighted by atomic mass is 10.2. The van der Waals surface area contributed by atoms with Gasteiger partial charge in [-0.3, -0.25) is 9.31 Å². The van der Waals surface area contributed by atoms with Crippen LogP contribution in [-0.2, 0) is 10.8 Å². The van der Waals surface area contributed by atoms with E-state index in [0.717, 1.165) is 21.5 Å². The summed E-state index contributed by atoms with van der Waals surface area (Å²) in [5, 5.41) is 11.0. The third-order valence-electron chi connectivity index (χ3n) is 3.45. The molecular weight excluding hydrogens is 346 g/mol. The van der Waals surface area contributed by atoms with Crippen LogP contribution in [0.5, 0.6) is 0 Å². The van der Waals surface area contributed by atoms with Crippen LogP contribution in [0.2, 0.25) is 0 Å². The Balaban J connectivity index is 0.000000758. The Morgan fingerprint density at radius 2 is 1.96 bits per heavy atom. The Bertz CT molecular complexity index is 933. The molecule has 0 aliphatic heterocycles. The summed E-state index contributed by atoms with van der Waals surface area (Å²) in [5.41, 5.74) is 2.57. The highest BCUT2D eigenvalue weighted by Crippen LogP contribution is 2.28. The van der Waals surface area contributed by atoms with Crippen molar-refractivity contribution in [3.63, 3.8) is 0 Å². The molecule has 0 radical (unpaired) electrons. The van der Waals surface area contributed by atoms with E-state index in [-0.39, 0.29) is 5.25 Å². The van der Waals surface area contributed by atoms with Crippen LogP contribution in [0, 0.1) is 13.8 Å². The van der Waals surface area contributed by atoms with E-state index in [0.29, 0.717) is 17.3 Å². The monoisotopic (exact) mass is 371 g/mol. The number of aromatic nitrogens is 4. The molecule has 1 atom stereocenters. The highest BCUT2D eigenvalue weighted by Gasteiger charge is 2.16. The molecule has 1 unspecified atom stereocenters. The summed E-state index contributed by atoms with van der Waals surface area (Å²) in [6, 6.07) is 5.87. The molecule has 7 heteroatoms. The summed E-state index contributed by atoms with van der Waals surface area (Å²) in [6.45, 7) is 13.0. The Labute approximate surface area is 156 Å². The van der Waals surface area contributed by atoms with Crippen molar-refractivity contribution in [2.24, 2.45) is 0 Å². The second-order valence-electron chi connectivity index (χ2n) is 6.13. The molecule has 0 bridgehead atoms. The molecular formula is C19H25N5OS. The number of hydrogen-bond donors (Lipinski definition) is 2. The number of benzene rings is 1. The fraction of sp³-hybridized carbons (Fsp3) is 0.316. The molecule has 138 valence electrons. The van der Waals surface area contributed by atoms with Gasteiger partial charge in [0.05, 0.1) is 33.0 Å². The minimum atomic E-state index is -1.09. The number of nitrogens with one attached hydrogen (secondary N) is 2. The molecule has 0 saturated heterocycles. The smallest absolute Gasteiger partial charge is 0.161 e. The molecule has 2 aromatic heterocycles. The number of aryl methyl sites for hydroxylation is 2. The molecule has 0 aliphatic carbocycles.